The second kappa shape index (κ2) is 8.18. The molecule has 0 saturated carbocycles. The predicted octanol–water partition coefficient (Wildman–Crippen LogP) is 6.48. The molecule has 4 aliphatic rings. The van der Waals surface area contributed by atoms with Gasteiger partial charge in [-0.05, 0) is 78.3 Å². The molecule has 0 fully saturated rings. The average molecular weight is 532 g/mol. The Morgan fingerprint density at radius 2 is 1.07 bits per heavy atom. The van der Waals surface area contributed by atoms with Gasteiger partial charge < -0.3 is 4.57 Å². The van der Waals surface area contributed by atoms with Gasteiger partial charge in [0, 0.05) is 16.5 Å². The van der Waals surface area contributed by atoms with Crippen LogP contribution in [0.25, 0.3) is 49.3 Å². The Morgan fingerprint density at radius 1 is 0.488 bits per heavy atom. The van der Waals surface area contributed by atoms with Crippen molar-refractivity contribution in [3.63, 3.8) is 0 Å². The quantitative estimate of drug-likeness (QED) is 0.243. The highest BCUT2D eigenvalue weighted by Crippen LogP contribution is 2.35. The van der Waals surface area contributed by atoms with Gasteiger partial charge in [0.2, 0.25) is 0 Å². The van der Waals surface area contributed by atoms with Crippen LogP contribution in [0.5, 0.6) is 0 Å². The first-order valence-corrected chi connectivity index (χ1v) is 14.2. The van der Waals surface area contributed by atoms with E-state index in [1.807, 2.05) is 28.8 Å². The maximum atomic E-state index is 13.9. The van der Waals surface area contributed by atoms with Crippen molar-refractivity contribution in [2.75, 3.05) is 0 Å². The molecule has 4 bridgehead atoms. The van der Waals surface area contributed by atoms with E-state index in [1.165, 1.54) is 43.1 Å². The Morgan fingerprint density at radius 3 is 1.83 bits per heavy atom. The number of fused-ring (bicyclic) bond motifs is 6. The van der Waals surface area contributed by atoms with Crippen molar-refractivity contribution < 1.29 is 0 Å². The number of nitrogens with zero attached hydrogens (tertiary/aromatic N) is 3. The first-order valence-electron chi connectivity index (χ1n) is 14.2. The van der Waals surface area contributed by atoms with E-state index in [1.54, 1.807) is 0 Å². The van der Waals surface area contributed by atoms with Crippen molar-refractivity contribution in [1.29, 1.82) is 0 Å². The molecule has 12 rings (SSSR count). The topological polar surface area (TPSA) is 47.9 Å². The van der Waals surface area contributed by atoms with Crippen LogP contribution in [-0.4, -0.2) is 13.6 Å². The average Bonchev–Trinajstić information content (AvgIpc) is 3.61. The molecule has 0 amide bonds. The molecule has 0 saturated heterocycles. The van der Waals surface area contributed by atoms with Gasteiger partial charge in [-0.2, -0.15) is 4.52 Å². The fraction of sp³-hybridized carbons (Fsp3) is 0.111. The third kappa shape index (κ3) is 3.00. The van der Waals surface area contributed by atoms with Gasteiger partial charge in [-0.3, -0.25) is 9.59 Å². The summed E-state index contributed by atoms with van der Waals surface area (Å²) >= 11 is 0. The Balaban J connectivity index is 1.30. The minimum atomic E-state index is -0.246. The lowest BCUT2D eigenvalue weighted by Gasteiger charge is -2.18. The summed E-state index contributed by atoms with van der Waals surface area (Å²) in [6, 6.07) is 35.9. The highest BCUT2D eigenvalue weighted by atomic mass is 16.2. The monoisotopic (exact) mass is 531 g/mol. The lowest BCUT2D eigenvalue weighted by Crippen LogP contribution is -2.21. The minimum Gasteiger partial charge on any atom is -0.309 e. The molecular weight excluding hydrogens is 506 g/mol. The van der Waals surface area contributed by atoms with Crippen molar-refractivity contribution in [3.8, 4) is 5.69 Å². The second-order valence-electron chi connectivity index (χ2n) is 11.2. The van der Waals surface area contributed by atoms with E-state index in [9.17, 15) is 9.59 Å². The van der Waals surface area contributed by atoms with E-state index in [-0.39, 0.29) is 11.1 Å². The van der Waals surface area contributed by atoms with Gasteiger partial charge in [0.15, 0.2) is 0 Å². The van der Waals surface area contributed by atoms with Gasteiger partial charge in [-0.1, -0.05) is 72.8 Å². The van der Waals surface area contributed by atoms with E-state index < -0.39 is 0 Å². The maximum absolute atomic E-state index is 13.9. The molecule has 196 valence electrons. The summed E-state index contributed by atoms with van der Waals surface area (Å²) in [7, 11) is 0. The number of aryl methyl sites for hydroxylation is 4. The molecule has 5 nitrogen and oxygen atoms in total. The predicted molar refractivity (Wildman–Crippen MR) is 165 cm³/mol. The molecular formula is C36H25N3O2. The van der Waals surface area contributed by atoms with Gasteiger partial charge in [-0.25, -0.2) is 4.52 Å². The van der Waals surface area contributed by atoms with E-state index in [2.05, 4.69) is 83.4 Å². The molecule has 4 aliphatic carbocycles. The van der Waals surface area contributed by atoms with E-state index in [0.29, 0.717) is 17.2 Å². The first kappa shape index (κ1) is 22.6. The summed E-state index contributed by atoms with van der Waals surface area (Å²) in [5.41, 5.74) is 9.37. The van der Waals surface area contributed by atoms with Crippen LogP contribution < -0.4 is 11.1 Å². The van der Waals surface area contributed by atoms with Crippen molar-refractivity contribution in [2.45, 2.75) is 25.7 Å². The summed E-state index contributed by atoms with van der Waals surface area (Å²) in [6.07, 6.45) is 3.08. The SMILES string of the molecule is O=c1c2ccccc2n2c3c4ccc(c3c(=O)n12)CCc1ccc(cc1-n1c2ccccc2c2ccccc21)CC4. The van der Waals surface area contributed by atoms with Crippen LogP contribution >= 0.6 is 0 Å². The van der Waals surface area contributed by atoms with Crippen LogP contribution in [0.1, 0.15) is 22.3 Å². The molecule has 5 heteroatoms. The highest BCUT2D eigenvalue weighted by Gasteiger charge is 2.23. The number of aromatic nitrogens is 3. The van der Waals surface area contributed by atoms with E-state index >= 15 is 0 Å². The smallest absolute Gasteiger partial charge is 0.282 e. The van der Waals surface area contributed by atoms with Gasteiger partial charge >= 0.3 is 0 Å². The fourth-order valence-electron chi connectivity index (χ4n) is 7.14. The molecule has 5 aromatic carbocycles. The van der Waals surface area contributed by atoms with Gasteiger partial charge in [0.05, 0.1) is 32.8 Å². The number of para-hydroxylation sites is 3. The molecule has 0 spiro atoms. The number of benzene rings is 5. The van der Waals surface area contributed by atoms with Crippen molar-refractivity contribution >= 4 is 43.6 Å². The van der Waals surface area contributed by atoms with E-state index in [4.69, 9.17) is 0 Å². The molecule has 0 aliphatic heterocycles. The molecule has 0 radical (unpaired) electrons. The Hall–Kier alpha value is -5.16. The molecule has 41 heavy (non-hydrogen) atoms. The zero-order valence-corrected chi connectivity index (χ0v) is 22.3. The number of hydrogen-bond donors (Lipinski definition) is 0. The first-order chi connectivity index (χ1) is 20.2. The van der Waals surface area contributed by atoms with Crippen molar-refractivity contribution in [3.05, 3.63) is 146 Å². The summed E-state index contributed by atoms with van der Waals surface area (Å²) < 4.78 is 5.62. The minimum absolute atomic E-state index is 0.216. The van der Waals surface area contributed by atoms with Crippen LogP contribution in [0.4, 0.5) is 0 Å². The van der Waals surface area contributed by atoms with Crippen LogP contribution in [0.3, 0.4) is 0 Å². The molecule has 0 N–H and O–H groups in total. The van der Waals surface area contributed by atoms with E-state index in [0.717, 1.165) is 41.4 Å². The number of hydrogen-bond acceptors (Lipinski definition) is 2. The van der Waals surface area contributed by atoms with Crippen LogP contribution in [0.2, 0.25) is 0 Å². The second-order valence-corrected chi connectivity index (χ2v) is 11.2. The van der Waals surface area contributed by atoms with Gasteiger partial charge in [0.25, 0.3) is 11.1 Å². The molecule has 0 atom stereocenters. The van der Waals surface area contributed by atoms with Crippen molar-refractivity contribution in [2.24, 2.45) is 0 Å². The lowest BCUT2D eigenvalue weighted by molar-refractivity contribution is 0.835. The van der Waals surface area contributed by atoms with Gasteiger partial charge in [0.1, 0.15) is 0 Å². The van der Waals surface area contributed by atoms with Crippen LogP contribution in [0, 0.1) is 0 Å². The molecule has 3 aromatic heterocycles. The Kier molecular flexibility index (Phi) is 4.52. The fourth-order valence-corrected chi connectivity index (χ4v) is 7.14. The zero-order valence-electron chi connectivity index (χ0n) is 22.3. The normalized spacial score (nSPS) is 13.7. The summed E-state index contributed by atoms with van der Waals surface area (Å²) in [4.78, 5) is 27.3. The highest BCUT2D eigenvalue weighted by molar-refractivity contribution is 6.09. The van der Waals surface area contributed by atoms with Crippen LogP contribution in [0.15, 0.2) is 113 Å². The third-order valence-electron chi connectivity index (χ3n) is 9.04. The molecule has 3 heterocycles. The maximum Gasteiger partial charge on any atom is 0.282 e. The van der Waals surface area contributed by atoms with Crippen molar-refractivity contribution in [1.82, 2.24) is 13.6 Å². The third-order valence-corrected chi connectivity index (χ3v) is 9.04. The molecule has 8 aromatic rings. The van der Waals surface area contributed by atoms with Crippen LogP contribution in [-0.2, 0) is 25.7 Å². The summed E-state index contributed by atoms with van der Waals surface area (Å²) in [6.45, 7) is 0. The summed E-state index contributed by atoms with van der Waals surface area (Å²) in [5.74, 6) is 0. The summed E-state index contributed by atoms with van der Waals surface area (Å²) in [5, 5.41) is 3.75. The van der Waals surface area contributed by atoms with Gasteiger partial charge in [-0.15, -0.1) is 0 Å². The molecule has 0 unspecified atom stereocenters. The largest absolute Gasteiger partial charge is 0.309 e. The Labute approximate surface area is 234 Å². The lowest BCUT2D eigenvalue weighted by atomic mass is 9.93. The number of rotatable bonds is 1. The zero-order chi connectivity index (χ0) is 27.2. The standard InChI is InChI=1S/C36H25N3O2/c40-35-28-9-3-6-12-31(28)38-34-25-16-14-22-13-15-23(17-18-24(19-20-25)33(34)36(41)39(35)38)32(21-22)37-29-10-4-1-7-26(29)27-8-2-5-11-30(27)37/h1-13,15,19-21H,14,16-18H2. The Bertz CT molecular complexity index is 2420.